The van der Waals surface area contributed by atoms with Crippen molar-refractivity contribution in [2.75, 3.05) is 18.9 Å². The number of aromatic nitrogens is 2. The molecule has 0 bridgehead atoms. The van der Waals surface area contributed by atoms with Gasteiger partial charge in [-0.3, -0.25) is 0 Å². The maximum absolute atomic E-state index is 5.83. The molecule has 1 aliphatic rings. The second-order valence-corrected chi connectivity index (χ2v) is 4.01. The standard InChI is InChI=1S/C12H13N3O2/c13-11-12(17-8-5-6-16-7-8)15-10-4-2-1-3-9(10)14-11/h1-4,8H,5-7H2,(H2,13,14). The van der Waals surface area contributed by atoms with Gasteiger partial charge in [0.2, 0.25) is 0 Å². The van der Waals surface area contributed by atoms with Crippen molar-refractivity contribution in [1.29, 1.82) is 0 Å². The van der Waals surface area contributed by atoms with E-state index in [0.29, 0.717) is 18.3 Å². The quantitative estimate of drug-likeness (QED) is 0.845. The molecule has 88 valence electrons. The molecular weight excluding hydrogens is 218 g/mol. The molecule has 2 heterocycles. The molecule has 1 aromatic heterocycles. The molecule has 0 saturated carbocycles. The Morgan fingerprint density at radius 1 is 1.24 bits per heavy atom. The van der Waals surface area contributed by atoms with Gasteiger partial charge >= 0.3 is 0 Å². The van der Waals surface area contributed by atoms with Crippen LogP contribution in [0.15, 0.2) is 24.3 Å². The SMILES string of the molecule is Nc1nc2ccccc2nc1OC1CCOC1. The molecule has 2 aromatic rings. The molecule has 1 saturated heterocycles. The molecule has 17 heavy (non-hydrogen) atoms. The van der Waals surface area contributed by atoms with Crippen LogP contribution in [0.25, 0.3) is 11.0 Å². The first-order chi connectivity index (χ1) is 8.33. The van der Waals surface area contributed by atoms with Gasteiger partial charge in [-0.25, -0.2) is 9.97 Å². The number of nitrogen functional groups attached to an aromatic ring is 1. The van der Waals surface area contributed by atoms with Crippen LogP contribution < -0.4 is 10.5 Å². The molecule has 1 atom stereocenters. The van der Waals surface area contributed by atoms with Crippen LogP contribution in [0.2, 0.25) is 0 Å². The second kappa shape index (κ2) is 4.18. The minimum Gasteiger partial charge on any atom is -0.469 e. The van der Waals surface area contributed by atoms with E-state index in [9.17, 15) is 0 Å². The van der Waals surface area contributed by atoms with Crippen molar-refractivity contribution in [2.24, 2.45) is 0 Å². The first-order valence-corrected chi connectivity index (χ1v) is 5.59. The number of para-hydroxylation sites is 2. The van der Waals surface area contributed by atoms with E-state index in [1.807, 2.05) is 24.3 Å². The van der Waals surface area contributed by atoms with Crippen molar-refractivity contribution in [2.45, 2.75) is 12.5 Å². The Balaban J connectivity index is 1.95. The van der Waals surface area contributed by atoms with Gasteiger partial charge in [0.1, 0.15) is 6.10 Å². The summed E-state index contributed by atoms with van der Waals surface area (Å²) in [4.78, 5) is 8.64. The smallest absolute Gasteiger partial charge is 0.258 e. The predicted molar refractivity (Wildman–Crippen MR) is 63.8 cm³/mol. The van der Waals surface area contributed by atoms with E-state index in [-0.39, 0.29) is 6.10 Å². The third kappa shape index (κ3) is 2.01. The molecule has 2 N–H and O–H groups in total. The average molecular weight is 231 g/mol. The highest BCUT2D eigenvalue weighted by Crippen LogP contribution is 2.23. The summed E-state index contributed by atoms with van der Waals surface area (Å²) in [6.45, 7) is 1.32. The molecule has 1 aromatic carbocycles. The summed E-state index contributed by atoms with van der Waals surface area (Å²) in [6, 6.07) is 7.58. The Morgan fingerprint density at radius 2 is 2.00 bits per heavy atom. The third-order valence-electron chi connectivity index (χ3n) is 2.73. The number of nitrogens with two attached hydrogens (primary N) is 1. The summed E-state index contributed by atoms with van der Waals surface area (Å²) in [5.41, 5.74) is 7.39. The summed E-state index contributed by atoms with van der Waals surface area (Å²) in [5.74, 6) is 0.731. The molecule has 1 aliphatic heterocycles. The maximum Gasteiger partial charge on any atom is 0.258 e. The third-order valence-corrected chi connectivity index (χ3v) is 2.73. The van der Waals surface area contributed by atoms with Crippen LogP contribution in [0.5, 0.6) is 5.88 Å². The van der Waals surface area contributed by atoms with Gasteiger partial charge in [-0.2, -0.15) is 0 Å². The van der Waals surface area contributed by atoms with Crippen molar-refractivity contribution in [3.8, 4) is 5.88 Å². The lowest BCUT2D eigenvalue weighted by Crippen LogP contribution is -2.17. The highest BCUT2D eigenvalue weighted by atomic mass is 16.5. The number of fused-ring (bicyclic) bond motifs is 1. The Labute approximate surface area is 98.6 Å². The molecule has 0 amide bonds. The van der Waals surface area contributed by atoms with Crippen LogP contribution in [-0.2, 0) is 4.74 Å². The molecule has 0 radical (unpaired) electrons. The van der Waals surface area contributed by atoms with Gasteiger partial charge in [0.25, 0.3) is 5.88 Å². The number of anilines is 1. The zero-order valence-corrected chi connectivity index (χ0v) is 9.30. The predicted octanol–water partition coefficient (Wildman–Crippen LogP) is 1.38. The highest BCUT2D eigenvalue weighted by molar-refractivity contribution is 5.76. The van der Waals surface area contributed by atoms with Crippen LogP contribution in [0, 0.1) is 0 Å². The van der Waals surface area contributed by atoms with Gasteiger partial charge in [0.05, 0.1) is 24.2 Å². The number of hydrogen-bond donors (Lipinski definition) is 1. The summed E-state index contributed by atoms with van der Waals surface area (Å²) in [5, 5.41) is 0. The molecule has 0 spiro atoms. The van der Waals surface area contributed by atoms with Crippen LogP contribution >= 0.6 is 0 Å². The number of nitrogens with zero attached hydrogens (tertiary/aromatic N) is 2. The molecule has 1 unspecified atom stereocenters. The number of benzene rings is 1. The Morgan fingerprint density at radius 3 is 2.71 bits per heavy atom. The van der Waals surface area contributed by atoms with Gasteiger partial charge in [-0.1, -0.05) is 12.1 Å². The topological polar surface area (TPSA) is 70.3 Å². The van der Waals surface area contributed by atoms with Gasteiger partial charge in [0.15, 0.2) is 5.82 Å². The lowest BCUT2D eigenvalue weighted by Gasteiger charge is -2.12. The largest absolute Gasteiger partial charge is 0.469 e. The average Bonchev–Trinajstić information content (AvgIpc) is 2.83. The van der Waals surface area contributed by atoms with E-state index < -0.39 is 0 Å². The second-order valence-electron chi connectivity index (χ2n) is 4.01. The Bertz CT molecular complexity index is 538. The first-order valence-electron chi connectivity index (χ1n) is 5.59. The minimum atomic E-state index is 0.0350. The molecule has 5 nitrogen and oxygen atoms in total. The molecular formula is C12H13N3O2. The monoisotopic (exact) mass is 231 g/mol. The first kappa shape index (κ1) is 10.3. The van der Waals surface area contributed by atoms with Crippen molar-refractivity contribution < 1.29 is 9.47 Å². The minimum absolute atomic E-state index is 0.0350. The van der Waals surface area contributed by atoms with Crippen molar-refractivity contribution in [3.05, 3.63) is 24.3 Å². The summed E-state index contributed by atoms with van der Waals surface area (Å²) >= 11 is 0. The number of hydrogen-bond acceptors (Lipinski definition) is 5. The molecule has 1 fully saturated rings. The van der Waals surface area contributed by atoms with E-state index in [1.54, 1.807) is 0 Å². The number of ether oxygens (including phenoxy) is 2. The Kier molecular flexibility index (Phi) is 2.53. The van der Waals surface area contributed by atoms with E-state index in [4.69, 9.17) is 15.2 Å². The normalized spacial score (nSPS) is 19.6. The van der Waals surface area contributed by atoms with Crippen LogP contribution in [0.3, 0.4) is 0 Å². The van der Waals surface area contributed by atoms with E-state index >= 15 is 0 Å². The maximum atomic E-state index is 5.83. The van der Waals surface area contributed by atoms with Crippen LogP contribution in [0.1, 0.15) is 6.42 Å². The fourth-order valence-electron chi connectivity index (χ4n) is 1.85. The van der Waals surface area contributed by atoms with E-state index in [1.165, 1.54) is 0 Å². The van der Waals surface area contributed by atoms with Gasteiger partial charge in [-0.05, 0) is 12.1 Å². The zero-order chi connectivity index (χ0) is 11.7. The molecule has 5 heteroatoms. The highest BCUT2D eigenvalue weighted by Gasteiger charge is 2.19. The van der Waals surface area contributed by atoms with Crippen molar-refractivity contribution in [3.63, 3.8) is 0 Å². The van der Waals surface area contributed by atoms with Crippen molar-refractivity contribution >= 4 is 16.9 Å². The fraction of sp³-hybridized carbons (Fsp3) is 0.333. The lowest BCUT2D eigenvalue weighted by molar-refractivity contribution is 0.138. The van der Waals surface area contributed by atoms with Gasteiger partial charge < -0.3 is 15.2 Å². The van der Waals surface area contributed by atoms with Gasteiger partial charge in [0, 0.05) is 6.42 Å². The van der Waals surface area contributed by atoms with E-state index in [0.717, 1.165) is 24.1 Å². The van der Waals surface area contributed by atoms with E-state index in [2.05, 4.69) is 9.97 Å². The summed E-state index contributed by atoms with van der Waals surface area (Å²) in [6.07, 6.45) is 0.904. The van der Waals surface area contributed by atoms with Crippen LogP contribution in [0.4, 0.5) is 5.82 Å². The lowest BCUT2D eigenvalue weighted by atomic mass is 10.3. The zero-order valence-electron chi connectivity index (χ0n) is 9.30. The van der Waals surface area contributed by atoms with Crippen LogP contribution in [-0.4, -0.2) is 29.3 Å². The molecule has 3 rings (SSSR count). The summed E-state index contributed by atoms with van der Waals surface area (Å²) < 4.78 is 10.9. The Hall–Kier alpha value is -1.88. The van der Waals surface area contributed by atoms with Crippen molar-refractivity contribution in [1.82, 2.24) is 9.97 Å². The fourth-order valence-corrected chi connectivity index (χ4v) is 1.85. The summed E-state index contributed by atoms with van der Waals surface area (Å²) in [7, 11) is 0. The molecule has 0 aliphatic carbocycles. The van der Waals surface area contributed by atoms with Gasteiger partial charge in [-0.15, -0.1) is 0 Å². The number of rotatable bonds is 2.